The molecule has 0 saturated carbocycles. The number of allylic oxidation sites excluding steroid dienone is 2. The molecule has 0 aromatic rings. The zero-order chi connectivity index (χ0) is 10.9. The van der Waals surface area contributed by atoms with Gasteiger partial charge in [0.2, 0.25) is 0 Å². The fraction of sp³-hybridized carbons (Fsp3) is 0.500. The third kappa shape index (κ3) is 1.97. The molecule has 0 radical (unpaired) electrons. The molecule has 0 spiro atoms. The summed E-state index contributed by atoms with van der Waals surface area (Å²) in [5, 5.41) is 0. The minimum atomic E-state index is -1.21. The molecular formula is C8H13NO2S3. The van der Waals surface area contributed by atoms with Gasteiger partial charge in [0.15, 0.2) is 0 Å². The Hall–Kier alpha value is -0.0700. The van der Waals surface area contributed by atoms with E-state index in [1.807, 2.05) is 0 Å². The second-order valence-corrected chi connectivity index (χ2v) is 7.15. The van der Waals surface area contributed by atoms with E-state index in [1.165, 1.54) is 0 Å². The molecule has 6 heteroatoms. The van der Waals surface area contributed by atoms with Crippen LogP contribution in [-0.2, 0) is 21.6 Å². The second kappa shape index (κ2) is 4.20. The van der Waals surface area contributed by atoms with Crippen molar-refractivity contribution >= 4 is 34.2 Å². The maximum Gasteiger partial charge on any atom is 0.144 e. The van der Waals surface area contributed by atoms with Gasteiger partial charge in [0, 0.05) is 51.1 Å². The summed E-state index contributed by atoms with van der Waals surface area (Å²) in [6.45, 7) is 0. The van der Waals surface area contributed by atoms with Gasteiger partial charge in [-0.1, -0.05) is 6.08 Å². The van der Waals surface area contributed by atoms with E-state index in [1.54, 1.807) is 24.7 Å². The molecule has 0 saturated heterocycles. The van der Waals surface area contributed by atoms with Crippen molar-refractivity contribution in [3.63, 3.8) is 0 Å². The Bertz CT molecular complexity index is 346. The van der Waals surface area contributed by atoms with Crippen molar-refractivity contribution in [2.24, 2.45) is 5.73 Å². The molecule has 0 heterocycles. The zero-order valence-corrected chi connectivity index (χ0v) is 10.5. The highest BCUT2D eigenvalue weighted by Crippen LogP contribution is 2.32. The maximum atomic E-state index is 11.6. The summed E-state index contributed by atoms with van der Waals surface area (Å²) in [6.07, 6.45) is 6.79. The van der Waals surface area contributed by atoms with Crippen LogP contribution in [0.2, 0.25) is 0 Å². The van der Waals surface area contributed by atoms with Gasteiger partial charge in [0.05, 0.1) is 0 Å². The van der Waals surface area contributed by atoms with E-state index in [9.17, 15) is 8.42 Å². The third-order valence-corrected chi connectivity index (χ3v) is 6.59. The molecule has 2 N–H and O–H groups in total. The molecular weight excluding hydrogens is 238 g/mol. The second-order valence-electron chi connectivity index (χ2n) is 3.14. The summed E-state index contributed by atoms with van der Waals surface area (Å²) < 4.78 is 22.3. The van der Waals surface area contributed by atoms with Gasteiger partial charge in [-0.05, 0) is 6.08 Å². The Balaban J connectivity index is 3.15. The molecule has 0 amide bonds. The Labute approximate surface area is 94.2 Å². The van der Waals surface area contributed by atoms with Crippen molar-refractivity contribution in [1.82, 2.24) is 0 Å². The van der Waals surface area contributed by atoms with Crippen molar-refractivity contribution in [1.29, 1.82) is 0 Å². The van der Waals surface area contributed by atoms with Crippen molar-refractivity contribution < 1.29 is 8.42 Å². The highest BCUT2D eigenvalue weighted by atomic mass is 32.2. The van der Waals surface area contributed by atoms with E-state index >= 15 is 0 Å². The number of rotatable bonds is 2. The molecule has 0 aliphatic heterocycles. The van der Waals surface area contributed by atoms with Crippen LogP contribution in [0.25, 0.3) is 0 Å². The van der Waals surface area contributed by atoms with E-state index in [0.717, 1.165) is 0 Å². The first-order valence-electron chi connectivity index (χ1n) is 3.94. The summed E-state index contributed by atoms with van der Waals surface area (Å²) in [5.74, 6) is 0. The van der Waals surface area contributed by atoms with Gasteiger partial charge in [0.1, 0.15) is 4.08 Å². The van der Waals surface area contributed by atoms with Crippen LogP contribution in [0, 0.1) is 0 Å². The Kier molecular flexibility index (Phi) is 3.60. The minimum absolute atomic E-state index is 0.342. The monoisotopic (exact) mass is 251 g/mol. The minimum Gasteiger partial charge on any atom is -0.401 e. The molecule has 0 bridgehead atoms. The van der Waals surface area contributed by atoms with E-state index in [2.05, 4.69) is 12.6 Å². The molecule has 0 aromatic heterocycles. The first kappa shape index (κ1) is 12.0. The lowest BCUT2D eigenvalue weighted by Gasteiger charge is -2.29. The molecule has 14 heavy (non-hydrogen) atoms. The van der Waals surface area contributed by atoms with Crippen molar-refractivity contribution in [3.8, 4) is 0 Å². The molecule has 2 atom stereocenters. The largest absolute Gasteiger partial charge is 0.401 e. The fourth-order valence-corrected chi connectivity index (χ4v) is 4.00. The first-order valence-corrected chi connectivity index (χ1v) is 7.50. The van der Waals surface area contributed by atoms with E-state index in [4.69, 9.17) is 5.73 Å². The lowest BCUT2D eigenvalue weighted by atomic mass is 10.1. The summed E-state index contributed by atoms with van der Waals surface area (Å²) >= 11 is 4.14. The Morgan fingerprint density at radius 3 is 2.29 bits per heavy atom. The van der Waals surface area contributed by atoms with Crippen LogP contribution < -0.4 is 5.73 Å². The first-order chi connectivity index (χ1) is 6.40. The van der Waals surface area contributed by atoms with Crippen LogP contribution in [0.1, 0.15) is 6.42 Å². The molecule has 1 rings (SSSR count). The molecule has 1 aliphatic carbocycles. The number of thiol groups is 1. The summed E-state index contributed by atoms with van der Waals surface area (Å²) in [6, 6.07) is 0. The summed E-state index contributed by atoms with van der Waals surface area (Å²) in [7, 11) is -2.42. The molecule has 3 nitrogen and oxygen atoms in total. The maximum absolute atomic E-state index is 11.6. The number of nitrogens with two attached hydrogens (primary N) is 1. The van der Waals surface area contributed by atoms with E-state index in [0.29, 0.717) is 17.0 Å². The summed E-state index contributed by atoms with van der Waals surface area (Å²) in [5.41, 5.74) is 6.26. The fourth-order valence-electron chi connectivity index (χ4n) is 1.29. The SMILES string of the molecule is CS(=O)C1(S(C)=O)C=CC(S)=C(N)C1. The molecule has 80 valence electrons. The van der Waals surface area contributed by atoms with Gasteiger partial charge in [-0.3, -0.25) is 8.42 Å². The average Bonchev–Trinajstić information content (AvgIpc) is 2.09. The van der Waals surface area contributed by atoms with Crippen molar-refractivity contribution in [2.75, 3.05) is 12.5 Å². The van der Waals surface area contributed by atoms with Gasteiger partial charge >= 0.3 is 0 Å². The van der Waals surface area contributed by atoms with Crippen LogP contribution in [0.4, 0.5) is 0 Å². The topological polar surface area (TPSA) is 60.2 Å². The van der Waals surface area contributed by atoms with Crippen LogP contribution in [0.15, 0.2) is 22.8 Å². The molecule has 0 aromatic carbocycles. The van der Waals surface area contributed by atoms with Gasteiger partial charge in [0.25, 0.3) is 0 Å². The van der Waals surface area contributed by atoms with Gasteiger partial charge in [-0.15, -0.1) is 12.6 Å². The standard InChI is InChI=1S/C8H13NO2S3/c1-13(10)8(14(2)11)4-3-7(12)6(9)5-8/h3-4,12H,5,9H2,1-2H3. The van der Waals surface area contributed by atoms with E-state index < -0.39 is 25.7 Å². The van der Waals surface area contributed by atoms with Crippen LogP contribution in [-0.4, -0.2) is 25.0 Å². The predicted octanol–water partition coefficient (Wildman–Crippen LogP) is 0.500. The molecule has 1 aliphatic rings. The van der Waals surface area contributed by atoms with E-state index in [-0.39, 0.29) is 0 Å². The van der Waals surface area contributed by atoms with Crippen LogP contribution >= 0.6 is 12.6 Å². The lowest BCUT2D eigenvalue weighted by molar-refractivity contribution is 0.657. The Morgan fingerprint density at radius 1 is 1.43 bits per heavy atom. The van der Waals surface area contributed by atoms with Gasteiger partial charge in [-0.2, -0.15) is 0 Å². The van der Waals surface area contributed by atoms with Gasteiger partial charge < -0.3 is 5.73 Å². The van der Waals surface area contributed by atoms with Crippen LogP contribution in [0.3, 0.4) is 0 Å². The van der Waals surface area contributed by atoms with Crippen LogP contribution in [0.5, 0.6) is 0 Å². The lowest BCUT2D eigenvalue weighted by Crippen LogP contribution is -2.39. The predicted molar refractivity (Wildman–Crippen MR) is 64.8 cm³/mol. The molecule has 2 unspecified atom stereocenters. The normalized spacial score (nSPS) is 31.6. The smallest absolute Gasteiger partial charge is 0.144 e. The number of hydrogen-bond acceptors (Lipinski definition) is 4. The van der Waals surface area contributed by atoms with Gasteiger partial charge in [-0.25, -0.2) is 0 Å². The van der Waals surface area contributed by atoms with Crippen molar-refractivity contribution in [3.05, 3.63) is 22.8 Å². The zero-order valence-electron chi connectivity index (χ0n) is 8.02. The van der Waals surface area contributed by atoms with Crippen molar-refractivity contribution in [2.45, 2.75) is 10.5 Å². The average molecular weight is 251 g/mol. The quantitative estimate of drug-likeness (QED) is 0.703. The highest BCUT2D eigenvalue weighted by Gasteiger charge is 2.38. The summed E-state index contributed by atoms with van der Waals surface area (Å²) in [4.78, 5) is 0.663. The Morgan fingerprint density at radius 2 is 1.93 bits per heavy atom. The highest BCUT2D eigenvalue weighted by molar-refractivity contribution is 8.04. The third-order valence-electron chi connectivity index (χ3n) is 2.23. The number of hydrogen-bond donors (Lipinski definition) is 2. The molecule has 0 fully saturated rings.